The number of pyridine rings is 1. The highest BCUT2D eigenvalue weighted by Crippen LogP contribution is 2.42. The van der Waals surface area contributed by atoms with E-state index in [4.69, 9.17) is 61.8 Å². The molecule has 0 radical (unpaired) electrons. The van der Waals surface area contributed by atoms with E-state index in [1.165, 1.54) is 6.08 Å². The number of aromatic nitrogens is 1. The van der Waals surface area contributed by atoms with Gasteiger partial charge in [-0.3, -0.25) is 19.2 Å². The van der Waals surface area contributed by atoms with E-state index in [1.54, 1.807) is 42.1 Å². The van der Waals surface area contributed by atoms with Gasteiger partial charge in [-0.1, -0.05) is 25.8 Å². The number of benzene rings is 4. The number of carbonyl (C=O) groups excluding carboxylic acids is 5. The molecule has 19 heteroatoms. The summed E-state index contributed by atoms with van der Waals surface area (Å²) in [5, 5.41) is 3.69. The molecule has 4 aromatic carbocycles. The Morgan fingerprint density at radius 1 is 0.429 bits per heavy atom. The van der Waals surface area contributed by atoms with E-state index < -0.39 is 5.97 Å². The van der Waals surface area contributed by atoms with Gasteiger partial charge in [0.2, 0.25) is 0 Å². The first-order valence-electron chi connectivity index (χ1n) is 33.3. The fourth-order valence-electron chi connectivity index (χ4n) is 12.0. The molecule has 5 fully saturated rings. The van der Waals surface area contributed by atoms with Crippen LogP contribution in [0.1, 0.15) is 154 Å². The molecule has 10 rings (SSSR count). The maximum absolute atomic E-state index is 13.9. The van der Waals surface area contributed by atoms with Crippen molar-refractivity contribution >= 4 is 63.3 Å². The minimum atomic E-state index is -0.392. The highest BCUT2D eigenvalue weighted by molar-refractivity contribution is 8.00. The smallest absolute Gasteiger partial charge is 0.330 e. The summed E-state index contributed by atoms with van der Waals surface area (Å²) in [5.74, 6) is 0.0962. The van der Waals surface area contributed by atoms with Crippen molar-refractivity contribution in [1.82, 2.24) is 4.98 Å². The van der Waals surface area contributed by atoms with Crippen LogP contribution in [0.3, 0.4) is 0 Å². The number of unbranched alkanes of at least 4 members (excludes halogenated alkanes) is 9. The average molecular weight is 1270 g/mol. The standard InChI is InChI=1S/C72H89NO17S/c1-2-65(74)82-42-12-6-3-9-41-81-55-31-35-60(36-32-55)91-68-63-45-58(89-71(77)51-19-15-49(16-20-51)69(75)87-56-27-23-53(24-28-56)79-39-10-4-7-13-43-83-66-47-85-66)33-37-61(63)62-38-34-59(46-64(62)73-68)90-72(78)52-21-17-50(18-22-52)70(76)88-57-29-25-54(26-30-57)80-40-11-5-8-14-44-84-67-48-86-67/h2,23-30,33-34,37-38,45-46,49-52,55,60,66-67H,1,3-22,31-32,35-36,39-44,47-48H2. The van der Waals surface area contributed by atoms with Gasteiger partial charge >= 0.3 is 29.8 Å². The number of thioether (sulfide) groups is 1. The number of esters is 5. The molecule has 18 nitrogen and oxygen atoms in total. The minimum absolute atomic E-state index is 0.0100. The molecule has 5 aromatic rings. The summed E-state index contributed by atoms with van der Waals surface area (Å²) >= 11 is 1.71. The Balaban J connectivity index is 0.701. The van der Waals surface area contributed by atoms with E-state index in [0.29, 0.717) is 120 Å². The van der Waals surface area contributed by atoms with Crippen LogP contribution in [-0.4, -0.2) is 112 Å². The molecule has 1 aromatic heterocycles. The molecule has 3 heterocycles. The predicted octanol–water partition coefficient (Wildman–Crippen LogP) is 14.4. The van der Waals surface area contributed by atoms with Crippen LogP contribution in [0.4, 0.5) is 0 Å². The fraction of sp³-hybridized carbons (Fsp3) is 0.556. The molecule has 0 amide bonds. The molecule has 2 aliphatic heterocycles. The van der Waals surface area contributed by atoms with Crippen molar-refractivity contribution in [2.75, 3.05) is 52.9 Å². The van der Waals surface area contributed by atoms with Gasteiger partial charge in [0, 0.05) is 48.0 Å². The average Bonchev–Trinajstić information content (AvgIpc) is 1.85. The normalized spacial score (nSPS) is 21.9. The summed E-state index contributed by atoms with van der Waals surface area (Å²) in [5.41, 5.74) is 0.671. The van der Waals surface area contributed by atoms with Crippen molar-refractivity contribution < 1.29 is 80.8 Å². The van der Waals surface area contributed by atoms with Gasteiger partial charge in [0.1, 0.15) is 52.7 Å². The van der Waals surface area contributed by atoms with Crippen LogP contribution >= 0.6 is 11.8 Å². The van der Waals surface area contributed by atoms with Crippen molar-refractivity contribution in [2.45, 2.75) is 183 Å². The SMILES string of the molecule is C=CC(=O)OCCCCCCOC1CCC(Sc2nc3cc(OC(=O)C4CCC(C(=O)Oc5ccc(OCCCCCCOC6CO6)cc5)CC4)ccc3c3ccc(OC(=O)C4CCC(C(=O)Oc5ccc(OCCCCCCOC6CO6)cc5)CC4)cc23)CC1. The van der Waals surface area contributed by atoms with Gasteiger partial charge in [-0.25, -0.2) is 9.78 Å². The van der Waals surface area contributed by atoms with Crippen LogP contribution in [0, 0.1) is 23.7 Å². The molecule has 3 saturated carbocycles. The summed E-state index contributed by atoms with van der Waals surface area (Å²) < 4.78 is 68.1. The van der Waals surface area contributed by atoms with Crippen molar-refractivity contribution in [3.63, 3.8) is 0 Å². The Morgan fingerprint density at radius 3 is 1.26 bits per heavy atom. The van der Waals surface area contributed by atoms with Crippen molar-refractivity contribution in [2.24, 2.45) is 23.7 Å². The van der Waals surface area contributed by atoms with E-state index >= 15 is 0 Å². The lowest BCUT2D eigenvalue weighted by molar-refractivity contribution is -0.145. The quantitative estimate of drug-likeness (QED) is 0.00902. The summed E-state index contributed by atoms with van der Waals surface area (Å²) in [6, 6.07) is 25.5. The van der Waals surface area contributed by atoms with Crippen LogP contribution in [0.15, 0.2) is 103 Å². The molecular formula is C72H89NO17S. The Morgan fingerprint density at radius 2 is 0.813 bits per heavy atom. The fourth-order valence-corrected chi connectivity index (χ4v) is 13.3. The number of hydrogen-bond donors (Lipinski definition) is 0. The van der Waals surface area contributed by atoms with Crippen LogP contribution in [0.5, 0.6) is 34.5 Å². The summed E-state index contributed by atoms with van der Waals surface area (Å²) in [6.45, 7) is 8.61. The van der Waals surface area contributed by atoms with Crippen LogP contribution in [-0.2, 0) is 52.4 Å². The van der Waals surface area contributed by atoms with Gasteiger partial charge in [-0.2, -0.15) is 0 Å². The molecule has 91 heavy (non-hydrogen) atoms. The first-order valence-corrected chi connectivity index (χ1v) is 34.2. The first kappa shape index (κ1) is 67.3. The highest BCUT2D eigenvalue weighted by Gasteiger charge is 2.35. The second kappa shape index (κ2) is 35.4. The van der Waals surface area contributed by atoms with Crippen LogP contribution < -0.4 is 28.4 Å². The van der Waals surface area contributed by atoms with Crippen molar-refractivity contribution in [1.29, 1.82) is 0 Å². The molecule has 2 unspecified atom stereocenters. The van der Waals surface area contributed by atoms with Gasteiger partial charge in [0.05, 0.1) is 55.1 Å². The minimum Gasteiger partial charge on any atom is -0.494 e. The van der Waals surface area contributed by atoms with Gasteiger partial charge in [0.25, 0.3) is 0 Å². The number of fused-ring (bicyclic) bond motifs is 3. The lowest BCUT2D eigenvalue weighted by Crippen LogP contribution is -2.30. The van der Waals surface area contributed by atoms with Gasteiger partial charge < -0.3 is 56.8 Å². The largest absolute Gasteiger partial charge is 0.494 e. The maximum atomic E-state index is 13.9. The van der Waals surface area contributed by atoms with E-state index in [1.807, 2.05) is 54.6 Å². The van der Waals surface area contributed by atoms with E-state index in [2.05, 4.69) is 6.58 Å². The van der Waals surface area contributed by atoms with Crippen molar-refractivity contribution in [3.05, 3.63) is 97.6 Å². The number of ether oxygens (including phenoxy) is 12. The maximum Gasteiger partial charge on any atom is 0.330 e. The molecule has 490 valence electrons. The van der Waals surface area contributed by atoms with Crippen LogP contribution in [0.2, 0.25) is 0 Å². The van der Waals surface area contributed by atoms with Gasteiger partial charge in [-0.15, -0.1) is 11.8 Å². The zero-order valence-electron chi connectivity index (χ0n) is 52.4. The Labute approximate surface area is 538 Å². The van der Waals surface area contributed by atoms with Crippen LogP contribution in [0.25, 0.3) is 21.7 Å². The number of epoxide rings is 2. The summed E-state index contributed by atoms with van der Waals surface area (Å²) in [4.78, 5) is 70.8. The van der Waals surface area contributed by atoms with Crippen molar-refractivity contribution in [3.8, 4) is 34.5 Å². The topological polar surface area (TPSA) is 216 Å². The Bertz CT molecular complexity index is 3140. The molecule has 2 atom stereocenters. The molecule has 3 aliphatic carbocycles. The number of carbonyl (C=O) groups is 5. The second-order valence-corrected chi connectivity index (χ2v) is 25.8. The number of rotatable bonds is 37. The molecule has 2 saturated heterocycles. The Hall–Kier alpha value is -6.61. The lowest BCUT2D eigenvalue weighted by Gasteiger charge is -2.28. The van der Waals surface area contributed by atoms with E-state index in [0.717, 1.165) is 149 Å². The molecule has 0 spiro atoms. The van der Waals surface area contributed by atoms with Gasteiger partial charge in [-0.05, 0) is 219 Å². The first-order chi connectivity index (χ1) is 44.6. The lowest BCUT2D eigenvalue weighted by atomic mass is 9.82. The van der Waals surface area contributed by atoms with E-state index in [9.17, 15) is 24.0 Å². The third-order valence-corrected chi connectivity index (χ3v) is 18.9. The number of hydrogen-bond acceptors (Lipinski definition) is 19. The molecule has 0 bridgehead atoms. The molecule has 5 aliphatic rings. The second-order valence-electron chi connectivity index (χ2n) is 24.5. The molecule has 0 N–H and O–H groups in total. The number of nitrogens with zero attached hydrogens (tertiary/aromatic N) is 1. The third-order valence-electron chi connectivity index (χ3n) is 17.5. The van der Waals surface area contributed by atoms with E-state index in [-0.39, 0.29) is 71.5 Å². The predicted molar refractivity (Wildman–Crippen MR) is 342 cm³/mol. The zero-order valence-corrected chi connectivity index (χ0v) is 53.2. The zero-order chi connectivity index (χ0) is 63.0. The molecular weight excluding hydrogens is 1180 g/mol. The van der Waals surface area contributed by atoms with Gasteiger partial charge in [0.15, 0.2) is 12.6 Å². The monoisotopic (exact) mass is 1270 g/mol. The third kappa shape index (κ3) is 22.0. The summed E-state index contributed by atoms with van der Waals surface area (Å²) in [7, 11) is 0. The summed E-state index contributed by atoms with van der Waals surface area (Å²) in [6.07, 6.45) is 21.0. The Kier molecular flexibility index (Phi) is 26.2. The highest BCUT2D eigenvalue weighted by atomic mass is 32.2.